The van der Waals surface area contributed by atoms with Gasteiger partial charge < -0.3 is 0 Å². The topological polar surface area (TPSA) is 43.9 Å². The first-order valence-electron chi connectivity index (χ1n) is 9.88. The van der Waals surface area contributed by atoms with E-state index in [9.17, 15) is 9.59 Å². The Morgan fingerprint density at radius 1 is 0.969 bits per heavy atom. The predicted molar refractivity (Wildman–Crippen MR) is 137 cm³/mol. The summed E-state index contributed by atoms with van der Waals surface area (Å²) in [5.74, 6) is -0.578. The van der Waals surface area contributed by atoms with Crippen LogP contribution in [0.15, 0.2) is 78.7 Å². The zero-order chi connectivity index (χ0) is 22.8. The number of hydrogen-bond donors (Lipinski definition) is 0. The van der Waals surface area contributed by atoms with Gasteiger partial charge in [0.25, 0.3) is 11.8 Å². The fourth-order valence-electron chi connectivity index (χ4n) is 3.75. The number of para-hydroxylation sites is 2. The summed E-state index contributed by atoms with van der Waals surface area (Å²) in [6.45, 7) is 9.14. The minimum Gasteiger partial charge on any atom is -0.294 e. The number of amides is 2. The molecule has 8 heteroatoms. The lowest BCUT2D eigenvalue weighted by Crippen LogP contribution is -2.40. The molecule has 0 bridgehead atoms. The maximum absolute atomic E-state index is 13.6. The zero-order valence-electron chi connectivity index (χ0n) is 17.2. The highest BCUT2D eigenvalue weighted by atomic mass is 35.5. The maximum Gasteiger partial charge on any atom is 0.271 e. The predicted octanol–water partition coefficient (Wildman–Crippen LogP) is 5.09. The summed E-state index contributed by atoms with van der Waals surface area (Å²) in [6, 6.07) is 14.5. The van der Waals surface area contributed by atoms with Crippen molar-refractivity contribution in [3.05, 3.63) is 89.3 Å². The van der Waals surface area contributed by atoms with Gasteiger partial charge in [-0.25, -0.2) is 0 Å². The molecule has 1 saturated heterocycles. The van der Waals surface area contributed by atoms with Crippen molar-refractivity contribution >= 4 is 68.7 Å². The number of nitrogens with zero attached hydrogens (tertiary/aromatic N) is 3. The molecule has 2 amide bonds. The third kappa shape index (κ3) is 3.93. The number of benzene rings is 2. The van der Waals surface area contributed by atoms with Crippen molar-refractivity contribution in [3.8, 4) is 0 Å². The van der Waals surface area contributed by atoms with Crippen LogP contribution in [0.5, 0.6) is 0 Å². The highest BCUT2D eigenvalue weighted by Crippen LogP contribution is 2.46. The molecule has 0 unspecified atom stereocenters. The summed E-state index contributed by atoms with van der Waals surface area (Å²) >= 11 is 12.9. The molecule has 4 rings (SSSR count). The monoisotopic (exact) mass is 481 g/mol. The van der Waals surface area contributed by atoms with Gasteiger partial charge in [-0.1, -0.05) is 78.1 Å². The smallest absolute Gasteiger partial charge is 0.271 e. The largest absolute Gasteiger partial charge is 0.294 e. The molecule has 1 fully saturated rings. The Hall–Kier alpha value is -2.71. The molecule has 32 heavy (non-hydrogen) atoms. The minimum absolute atomic E-state index is 0.232. The Balaban J connectivity index is 1.77. The summed E-state index contributed by atoms with van der Waals surface area (Å²) in [7, 11) is 0. The van der Waals surface area contributed by atoms with E-state index in [0.29, 0.717) is 50.8 Å². The Kier molecular flexibility index (Phi) is 6.62. The molecule has 0 N–H and O–H groups in total. The van der Waals surface area contributed by atoms with Crippen molar-refractivity contribution in [2.45, 2.75) is 0 Å². The quantitative estimate of drug-likeness (QED) is 0.313. The molecule has 2 aliphatic heterocycles. The Morgan fingerprint density at radius 3 is 2.25 bits per heavy atom. The Bertz CT molecular complexity index is 1170. The molecule has 2 aromatic rings. The van der Waals surface area contributed by atoms with Crippen molar-refractivity contribution in [2.75, 3.05) is 29.6 Å². The summed E-state index contributed by atoms with van der Waals surface area (Å²) in [5, 5.41) is 0.416. The number of fused-ring (bicyclic) bond motifs is 1. The summed E-state index contributed by atoms with van der Waals surface area (Å²) in [6.07, 6.45) is 3.57. The standard InChI is InChI=1S/C24H20ClN3O2S2/c1-3-13-26(14-4-2)15-27-18-11-7-5-9-16(18)20(22(27)29)21-23(30)28(24(31)32-21)19-12-8-6-10-17(19)25/h3-12H,1-2,13-15H2. The normalized spacial score (nSPS) is 18.0. The van der Waals surface area contributed by atoms with Crippen molar-refractivity contribution in [1.82, 2.24) is 4.90 Å². The van der Waals surface area contributed by atoms with Crippen LogP contribution in [0.4, 0.5) is 11.4 Å². The average Bonchev–Trinajstić information content (AvgIpc) is 3.21. The van der Waals surface area contributed by atoms with Gasteiger partial charge in [0.2, 0.25) is 0 Å². The van der Waals surface area contributed by atoms with Crippen LogP contribution in [0, 0.1) is 0 Å². The number of thiocarbonyl (C=S) groups is 1. The number of hydrogen-bond acceptors (Lipinski definition) is 5. The van der Waals surface area contributed by atoms with Gasteiger partial charge in [-0.3, -0.25) is 24.3 Å². The number of thioether (sulfide) groups is 1. The summed E-state index contributed by atoms with van der Waals surface area (Å²) in [4.78, 5) is 32.5. The second-order valence-corrected chi connectivity index (χ2v) is 9.22. The van der Waals surface area contributed by atoms with E-state index in [0.717, 1.165) is 17.4 Å². The van der Waals surface area contributed by atoms with Gasteiger partial charge >= 0.3 is 0 Å². The fraction of sp³-hybridized carbons (Fsp3) is 0.125. The van der Waals surface area contributed by atoms with Crippen LogP contribution in [0.25, 0.3) is 5.57 Å². The molecule has 2 heterocycles. The van der Waals surface area contributed by atoms with Crippen LogP contribution in [-0.4, -0.2) is 40.8 Å². The minimum atomic E-state index is -0.345. The molecule has 0 saturated carbocycles. The molecule has 2 aromatic carbocycles. The third-order valence-corrected chi connectivity index (χ3v) is 6.82. The summed E-state index contributed by atoms with van der Waals surface area (Å²) < 4.78 is 0.342. The number of carbonyl (C=O) groups is 2. The molecule has 5 nitrogen and oxygen atoms in total. The number of halogens is 1. The lowest BCUT2D eigenvalue weighted by atomic mass is 10.1. The molecule has 0 aliphatic carbocycles. The van der Waals surface area contributed by atoms with E-state index in [2.05, 4.69) is 13.2 Å². The van der Waals surface area contributed by atoms with E-state index in [4.69, 9.17) is 23.8 Å². The van der Waals surface area contributed by atoms with Crippen LogP contribution in [-0.2, 0) is 9.59 Å². The van der Waals surface area contributed by atoms with E-state index in [1.165, 1.54) is 4.90 Å². The van der Waals surface area contributed by atoms with Gasteiger partial charge in [0.05, 0.1) is 33.5 Å². The van der Waals surface area contributed by atoms with Crippen LogP contribution < -0.4 is 9.80 Å². The molecule has 0 spiro atoms. The van der Waals surface area contributed by atoms with Crippen LogP contribution in [0.3, 0.4) is 0 Å². The second kappa shape index (κ2) is 9.42. The first-order valence-corrected chi connectivity index (χ1v) is 11.5. The van der Waals surface area contributed by atoms with Crippen LogP contribution >= 0.6 is 35.6 Å². The summed E-state index contributed by atoms with van der Waals surface area (Å²) in [5.41, 5.74) is 2.35. The lowest BCUT2D eigenvalue weighted by molar-refractivity contribution is -0.115. The average molecular weight is 482 g/mol. The Labute approximate surface area is 201 Å². The van der Waals surface area contributed by atoms with Crippen molar-refractivity contribution in [3.63, 3.8) is 0 Å². The molecule has 162 valence electrons. The van der Waals surface area contributed by atoms with Crippen molar-refractivity contribution in [1.29, 1.82) is 0 Å². The van der Waals surface area contributed by atoms with Gasteiger partial charge in [-0.2, -0.15) is 0 Å². The van der Waals surface area contributed by atoms with Crippen LogP contribution in [0.1, 0.15) is 5.56 Å². The van der Waals surface area contributed by atoms with Gasteiger partial charge in [0.15, 0.2) is 4.32 Å². The van der Waals surface area contributed by atoms with E-state index in [1.54, 1.807) is 41.3 Å². The number of anilines is 2. The highest BCUT2D eigenvalue weighted by molar-refractivity contribution is 8.27. The van der Waals surface area contributed by atoms with Gasteiger partial charge in [0.1, 0.15) is 0 Å². The van der Waals surface area contributed by atoms with Crippen molar-refractivity contribution in [2.24, 2.45) is 0 Å². The molecule has 0 aromatic heterocycles. The van der Waals surface area contributed by atoms with Gasteiger partial charge in [0, 0.05) is 18.7 Å². The third-order valence-electron chi connectivity index (χ3n) is 5.13. The van der Waals surface area contributed by atoms with E-state index in [-0.39, 0.29) is 11.8 Å². The highest BCUT2D eigenvalue weighted by Gasteiger charge is 2.43. The molecule has 2 aliphatic rings. The molecule has 0 atom stereocenters. The second-order valence-electron chi connectivity index (χ2n) is 7.17. The van der Waals surface area contributed by atoms with E-state index >= 15 is 0 Å². The van der Waals surface area contributed by atoms with Gasteiger partial charge in [-0.15, -0.1) is 13.2 Å². The molecular formula is C24H20ClN3O2S2. The number of rotatable bonds is 7. The SMILES string of the molecule is C=CCN(CC=C)CN1C(=O)C(=C2SC(=S)N(c3ccccc3Cl)C2=O)c2ccccc21. The molecular weight excluding hydrogens is 462 g/mol. The zero-order valence-corrected chi connectivity index (χ0v) is 19.6. The van der Waals surface area contributed by atoms with Crippen LogP contribution in [0.2, 0.25) is 5.02 Å². The first kappa shape index (κ1) is 22.5. The Morgan fingerprint density at radius 2 is 1.59 bits per heavy atom. The number of carbonyl (C=O) groups excluding carboxylic acids is 2. The first-order chi connectivity index (χ1) is 15.5. The fourth-order valence-corrected chi connectivity index (χ4v) is 5.33. The van der Waals surface area contributed by atoms with E-state index < -0.39 is 0 Å². The van der Waals surface area contributed by atoms with E-state index in [1.807, 2.05) is 29.2 Å². The lowest BCUT2D eigenvalue weighted by Gasteiger charge is -2.26. The maximum atomic E-state index is 13.6. The van der Waals surface area contributed by atoms with Crippen molar-refractivity contribution < 1.29 is 9.59 Å². The molecule has 0 radical (unpaired) electrons. The van der Waals surface area contributed by atoms with Gasteiger partial charge in [-0.05, 0) is 18.2 Å².